The van der Waals surface area contributed by atoms with E-state index in [9.17, 15) is 5.41 Å². The summed E-state index contributed by atoms with van der Waals surface area (Å²) in [4.78, 5) is 0.935. The smallest absolute Gasteiger partial charge is 0.150 e. The monoisotopic (exact) mass is 494 g/mol. The zero-order chi connectivity index (χ0) is 24.8. The maximum atomic E-state index is 9.55. The molecule has 0 fully saturated rings. The zero-order valence-electron chi connectivity index (χ0n) is 19.9. The summed E-state index contributed by atoms with van der Waals surface area (Å²) >= 11 is 1.66. The Hall–Kier alpha value is -4.67. The normalized spacial score (nSPS) is 14.2. The molecule has 2 aromatic heterocycles. The van der Waals surface area contributed by atoms with E-state index in [1.165, 1.54) is 10.1 Å². The Morgan fingerprint density at radius 3 is 2.35 bits per heavy atom. The summed E-state index contributed by atoms with van der Waals surface area (Å²) in [5.41, 5.74) is 6.29. The van der Waals surface area contributed by atoms with Crippen molar-refractivity contribution < 1.29 is 4.42 Å². The zero-order valence-corrected chi connectivity index (χ0v) is 20.7. The molecule has 0 amide bonds. The minimum absolute atomic E-state index is 0.495. The van der Waals surface area contributed by atoms with E-state index in [2.05, 4.69) is 84.2 Å². The third kappa shape index (κ3) is 3.79. The number of hydrogen-bond donors (Lipinski definition) is 2. The average Bonchev–Trinajstić information content (AvgIpc) is 3.64. The predicted molar refractivity (Wildman–Crippen MR) is 156 cm³/mol. The van der Waals surface area contributed by atoms with Gasteiger partial charge in [-0.05, 0) is 63.7 Å². The molecular weight excluding hydrogens is 472 g/mol. The van der Waals surface area contributed by atoms with Gasteiger partial charge in [0.1, 0.15) is 5.76 Å². The number of allylic oxidation sites excluding steroid dienone is 1. The molecule has 0 spiro atoms. The molecule has 4 heteroatoms. The first-order chi connectivity index (χ1) is 18.2. The van der Waals surface area contributed by atoms with Crippen LogP contribution >= 0.6 is 11.3 Å². The lowest BCUT2D eigenvalue weighted by atomic mass is 9.89. The Labute approximate surface area is 218 Å². The van der Waals surface area contributed by atoms with Crippen molar-refractivity contribution in [2.45, 2.75) is 0 Å². The van der Waals surface area contributed by atoms with Crippen molar-refractivity contribution in [3.05, 3.63) is 143 Å². The maximum absolute atomic E-state index is 9.55. The average molecular weight is 495 g/mol. The quantitative estimate of drug-likeness (QED) is 0.241. The summed E-state index contributed by atoms with van der Waals surface area (Å²) in [6.45, 7) is 0. The molecule has 0 saturated heterocycles. The maximum Gasteiger partial charge on any atom is 0.150 e. The van der Waals surface area contributed by atoms with Gasteiger partial charge < -0.3 is 9.73 Å². The highest BCUT2D eigenvalue weighted by Gasteiger charge is 2.25. The molecule has 6 aromatic rings. The van der Waals surface area contributed by atoms with Crippen molar-refractivity contribution in [3.63, 3.8) is 0 Å². The fourth-order valence-corrected chi connectivity index (χ4v) is 6.01. The first-order valence-electron chi connectivity index (χ1n) is 12.2. The SMILES string of the molecule is N=C(/C(=C1\NC(c2ccco2)=Cc2ccccc21)c1ccc2ccccc2c1)c1cc2ccccc2s1. The molecule has 0 radical (unpaired) electrons. The molecule has 176 valence electrons. The molecular formula is C33H22N2OS. The topological polar surface area (TPSA) is 49.0 Å². The molecule has 1 aliphatic rings. The van der Waals surface area contributed by atoms with Crippen LogP contribution in [0.3, 0.4) is 0 Å². The lowest BCUT2D eigenvalue weighted by Gasteiger charge is -2.25. The van der Waals surface area contributed by atoms with Crippen LogP contribution in [0.15, 0.2) is 120 Å². The molecule has 2 N–H and O–H groups in total. The largest absolute Gasteiger partial charge is 0.463 e. The summed E-state index contributed by atoms with van der Waals surface area (Å²) < 4.78 is 6.94. The van der Waals surface area contributed by atoms with E-state index in [0.29, 0.717) is 5.71 Å². The molecule has 7 rings (SSSR count). The van der Waals surface area contributed by atoms with Crippen LogP contribution in [0.25, 0.3) is 43.9 Å². The van der Waals surface area contributed by atoms with Gasteiger partial charge in [0, 0.05) is 15.8 Å². The fraction of sp³-hybridized carbons (Fsp3) is 0. The van der Waals surface area contributed by atoms with Crippen LogP contribution in [-0.4, -0.2) is 5.71 Å². The van der Waals surface area contributed by atoms with Crippen LogP contribution in [0, 0.1) is 5.41 Å². The van der Waals surface area contributed by atoms with Crippen LogP contribution in [0.5, 0.6) is 0 Å². The van der Waals surface area contributed by atoms with Crippen LogP contribution in [0.2, 0.25) is 0 Å². The van der Waals surface area contributed by atoms with E-state index in [4.69, 9.17) is 4.42 Å². The van der Waals surface area contributed by atoms with Gasteiger partial charge in [0.2, 0.25) is 0 Å². The van der Waals surface area contributed by atoms with Crippen molar-refractivity contribution >= 4 is 61.0 Å². The van der Waals surface area contributed by atoms with Crippen LogP contribution < -0.4 is 5.32 Å². The summed E-state index contributed by atoms with van der Waals surface area (Å²) in [6, 6.07) is 37.4. The van der Waals surface area contributed by atoms with Gasteiger partial charge >= 0.3 is 0 Å². The Morgan fingerprint density at radius 2 is 1.51 bits per heavy atom. The van der Waals surface area contributed by atoms with Crippen molar-refractivity contribution in [2.24, 2.45) is 0 Å². The Kier molecular flexibility index (Phi) is 5.12. The first-order valence-corrected chi connectivity index (χ1v) is 13.0. The Morgan fingerprint density at radius 1 is 0.730 bits per heavy atom. The lowest BCUT2D eigenvalue weighted by molar-refractivity contribution is 0.550. The second kappa shape index (κ2) is 8.77. The van der Waals surface area contributed by atoms with Gasteiger partial charge in [0.05, 0.1) is 28.2 Å². The first kappa shape index (κ1) is 21.6. The van der Waals surface area contributed by atoms with Gasteiger partial charge in [-0.2, -0.15) is 0 Å². The van der Waals surface area contributed by atoms with Gasteiger partial charge in [-0.3, -0.25) is 5.41 Å². The Balaban J connectivity index is 1.50. The highest BCUT2D eigenvalue weighted by atomic mass is 32.1. The minimum Gasteiger partial charge on any atom is -0.463 e. The number of benzene rings is 4. The van der Waals surface area contributed by atoms with Gasteiger partial charge in [0.15, 0.2) is 0 Å². The summed E-state index contributed by atoms with van der Waals surface area (Å²) in [5.74, 6) is 0.762. The second-order valence-electron chi connectivity index (χ2n) is 9.08. The molecule has 3 nitrogen and oxygen atoms in total. The molecule has 0 atom stereocenters. The number of hydrogen-bond acceptors (Lipinski definition) is 4. The summed E-state index contributed by atoms with van der Waals surface area (Å²) in [7, 11) is 0. The highest BCUT2D eigenvalue weighted by molar-refractivity contribution is 7.21. The van der Waals surface area contributed by atoms with E-state index >= 15 is 0 Å². The molecule has 0 unspecified atom stereocenters. The fourth-order valence-electron chi connectivity index (χ4n) is 4.99. The molecule has 0 aliphatic carbocycles. The third-order valence-electron chi connectivity index (χ3n) is 6.79. The van der Waals surface area contributed by atoms with Crippen LogP contribution in [0.4, 0.5) is 0 Å². The number of rotatable bonds is 4. The molecule has 3 heterocycles. The van der Waals surface area contributed by atoms with E-state index in [1.807, 2.05) is 36.4 Å². The number of thiophene rings is 1. The van der Waals surface area contributed by atoms with E-state index < -0.39 is 0 Å². The molecule has 4 aromatic carbocycles. The minimum atomic E-state index is 0.495. The predicted octanol–water partition coefficient (Wildman–Crippen LogP) is 8.69. The lowest BCUT2D eigenvalue weighted by Crippen LogP contribution is -2.19. The molecule has 1 aliphatic heterocycles. The highest BCUT2D eigenvalue weighted by Crippen LogP contribution is 2.38. The van der Waals surface area contributed by atoms with Crippen LogP contribution in [0.1, 0.15) is 27.3 Å². The van der Waals surface area contributed by atoms with Crippen molar-refractivity contribution in [1.29, 1.82) is 5.41 Å². The Bertz CT molecular complexity index is 1840. The standard InChI is InChI=1S/C33H22N2OS/c34-32(30-20-24-11-4-6-14-29(24)37-30)31(25-16-15-21-8-1-2-9-22(21)18-25)33-26-12-5-3-10-23(26)19-27(35-33)28-13-7-17-36-28/h1-20,34-35H/b33-31-,34-32?. The van der Waals surface area contributed by atoms with Gasteiger partial charge in [-0.15, -0.1) is 11.3 Å². The molecule has 0 bridgehead atoms. The second-order valence-corrected chi connectivity index (χ2v) is 10.2. The number of nitrogens with one attached hydrogen (secondary N) is 2. The molecule has 37 heavy (non-hydrogen) atoms. The molecule has 0 saturated carbocycles. The van der Waals surface area contributed by atoms with Crippen molar-refractivity contribution in [3.8, 4) is 0 Å². The van der Waals surface area contributed by atoms with E-state index in [-0.39, 0.29) is 0 Å². The van der Waals surface area contributed by atoms with E-state index in [1.54, 1.807) is 17.6 Å². The van der Waals surface area contributed by atoms with Crippen molar-refractivity contribution in [2.75, 3.05) is 0 Å². The number of furan rings is 1. The van der Waals surface area contributed by atoms with E-state index in [0.717, 1.165) is 55.1 Å². The summed E-state index contributed by atoms with van der Waals surface area (Å²) in [5, 5.41) is 16.7. The number of fused-ring (bicyclic) bond motifs is 3. The third-order valence-corrected chi connectivity index (χ3v) is 7.92. The van der Waals surface area contributed by atoms with Crippen molar-refractivity contribution in [1.82, 2.24) is 5.32 Å². The van der Waals surface area contributed by atoms with Gasteiger partial charge in [-0.25, -0.2) is 0 Å². The van der Waals surface area contributed by atoms with Gasteiger partial charge in [0.25, 0.3) is 0 Å². The summed E-state index contributed by atoms with van der Waals surface area (Å²) in [6.07, 6.45) is 3.80. The van der Waals surface area contributed by atoms with Crippen LogP contribution in [-0.2, 0) is 0 Å². The van der Waals surface area contributed by atoms with Gasteiger partial charge in [-0.1, -0.05) is 78.9 Å².